The molecule has 2 heterocycles. The lowest BCUT2D eigenvalue weighted by Crippen LogP contribution is -2.11. The standard InChI is InChI=1S/C52H34N2S/c1-3-15-35(16-4-1)41-21-9-12-24-47(41)53(39-28-30-52-46(33-39)44-23-11-14-26-51(44)55-52)40-27-29-43-42-22-10-13-25-48(42)54(50(43)34-40)49-32-38-20-8-7-19-37(38)31-45(49)36-17-5-2-6-18-36/h1-34H. The molecule has 0 bridgehead atoms. The van der Waals surface area contributed by atoms with E-state index < -0.39 is 0 Å². The number of thiophene rings is 1. The fourth-order valence-corrected chi connectivity index (χ4v) is 9.52. The summed E-state index contributed by atoms with van der Waals surface area (Å²) >= 11 is 1.86. The molecule has 258 valence electrons. The van der Waals surface area contributed by atoms with E-state index in [1.807, 2.05) is 11.3 Å². The molecule has 2 nitrogen and oxygen atoms in total. The molecule has 55 heavy (non-hydrogen) atoms. The highest BCUT2D eigenvalue weighted by atomic mass is 32.1. The van der Waals surface area contributed by atoms with Gasteiger partial charge in [-0.25, -0.2) is 0 Å². The monoisotopic (exact) mass is 718 g/mol. The van der Waals surface area contributed by atoms with E-state index >= 15 is 0 Å². The van der Waals surface area contributed by atoms with Gasteiger partial charge in [0, 0.05) is 53.4 Å². The van der Waals surface area contributed by atoms with Gasteiger partial charge < -0.3 is 9.47 Å². The maximum atomic E-state index is 2.49. The average molecular weight is 719 g/mol. The molecule has 0 N–H and O–H groups in total. The molecule has 0 fully saturated rings. The van der Waals surface area contributed by atoms with Gasteiger partial charge in [-0.05, 0) is 82.6 Å². The Morgan fingerprint density at radius 2 is 0.945 bits per heavy atom. The molecule has 0 atom stereocenters. The number of fused-ring (bicyclic) bond motifs is 7. The van der Waals surface area contributed by atoms with Crippen LogP contribution in [0.3, 0.4) is 0 Å². The van der Waals surface area contributed by atoms with Crippen LogP contribution in [0.2, 0.25) is 0 Å². The molecule has 0 spiro atoms. The summed E-state index contributed by atoms with van der Waals surface area (Å²) in [6.07, 6.45) is 0. The van der Waals surface area contributed by atoms with Crippen LogP contribution in [0, 0.1) is 0 Å². The first-order chi connectivity index (χ1) is 27.3. The Hall–Kier alpha value is -6.94. The van der Waals surface area contributed by atoms with Gasteiger partial charge in [-0.15, -0.1) is 11.3 Å². The van der Waals surface area contributed by atoms with Crippen molar-refractivity contribution in [2.45, 2.75) is 0 Å². The van der Waals surface area contributed by atoms with E-state index in [0.717, 1.165) is 28.3 Å². The molecule has 2 aromatic heterocycles. The summed E-state index contributed by atoms with van der Waals surface area (Å²) in [5.74, 6) is 0. The van der Waals surface area contributed by atoms with Crippen LogP contribution < -0.4 is 4.90 Å². The Labute approximate surface area is 323 Å². The molecular formula is C52H34N2S. The van der Waals surface area contributed by atoms with E-state index in [1.54, 1.807) is 0 Å². The van der Waals surface area contributed by atoms with Gasteiger partial charge in [-0.2, -0.15) is 0 Å². The lowest BCUT2D eigenvalue weighted by atomic mass is 9.98. The fourth-order valence-electron chi connectivity index (χ4n) is 8.43. The predicted octanol–water partition coefficient (Wildman–Crippen LogP) is 15.1. The van der Waals surface area contributed by atoms with E-state index in [1.165, 1.54) is 69.5 Å². The topological polar surface area (TPSA) is 8.17 Å². The largest absolute Gasteiger partial charge is 0.310 e. The SMILES string of the molecule is c1ccc(-c2ccccc2N(c2ccc3sc4ccccc4c3c2)c2ccc3c4ccccc4n(-c4cc5ccccc5cc4-c4ccccc4)c3c2)cc1. The summed E-state index contributed by atoms with van der Waals surface area (Å²) in [7, 11) is 0. The Morgan fingerprint density at radius 1 is 0.364 bits per heavy atom. The molecule has 0 saturated carbocycles. The number of anilines is 3. The third-order valence-corrected chi connectivity index (χ3v) is 12.1. The first-order valence-corrected chi connectivity index (χ1v) is 19.6. The van der Waals surface area contributed by atoms with E-state index in [4.69, 9.17) is 0 Å². The third-order valence-electron chi connectivity index (χ3n) is 11.0. The average Bonchev–Trinajstić information content (AvgIpc) is 3.79. The fraction of sp³-hybridized carbons (Fsp3) is 0. The predicted molar refractivity (Wildman–Crippen MR) is 237 cm³/mol. The smallest absolute Gasteiger partial charge is 0.0562 e. The lowest BCUT2D eigenvalue weighted by Gasteiger charge is -2.28. The number of aromatic nitrogens is 1. The number of hydrogen-bond acceptors (Lipinski definition) is 2. The molecular weight excluding hydrogens is 685 g/mol. The summed E-state index contributed by atoms with van der Waals surface area (Å²) in [4.78, 5) is 2.45. The molecule has 9 aromatic carbocycles. The summed E-state index contributed by atoms with van der Waals surface area (Å²) in [6.45, 7) is 0. The molecule has 0 amide bonds. The van der Waals surface area contributed by atoms with Crippen LogP contribution in [0.5, 0.6) is 0 Å². The third kappa shape index (κ3) is 5.24. The molecule has 0 unspecified atom stereocenters. The number of rotatable bonds is 6. The maximum Gasteiger partial charge on any atom is 0.0562 e. The number of para-hydroxylation sites is 2. The Balaban J connectivity index is 1.22. The van der Waals surface area contributed by atoms with E-state index in [2.05, 4.69) is 216 Å². The van der Waals surface area contributed by atoms with Crippen LogP contribution in [0.15, 0.2) is 206 Å². The van der Waals surface area contributed by atoms with Crippen molar-refractivity contribution in [1.29, 1.82) is 0 Å². The van der Waals surface area contributed by atoms with Gasteiger partial charge in [-0.1, -0.05) is 146 Å². The van der Waals surface area contributed by atoms with Crippen molar-refractivity contribution >= 4 is 81.1 Å². The van der Waals surface area contributed by atoms with Crippen LogP contribution >= 0.6 is 11.3 Å². The van der Waals surface area contributed by atoms with Gasteiger partial charge in [0.2, 0.25) is 0 Å². The van der Waals surface area contributed by atoms with Crippen molar-refractivity contribution < 1.29 is 0 Å². The van der Waals surface area contributed by atoms with Crippen LogP contribution in [0.25, 0.3) is 80.7 Å². The number of nitrogens with zero attached hydrogens (tertiary/aromatic N) is 2. The maximum absolute atomic E-state index is 2.49. The Kier molecular flexibility index (Phi) is 7.39. The molecule has 11 rings (SSSR count). The van der Waals surface area contributed by atoms with Crippen molar-refractivity contribution in [1.82, 2.24) is 4.57 Å². The van der Waals surface area contributed by atoms with Crippen molar-refractivity contribution in [2.75, 3.05) is 4.90 Å². The zero-order valence-corrected chi connectivity index (χ0v) is 30.7. The first-order valence-electron chi connectivity index (χ1n) is 18.8. The molecule has 0 aliphatic carbocycles. The van der Waals surface area contributed by atoms with Crippen LogP contribution in [-0.2, 0) is 0 Å². The van der Waals surface area contributed by atoms with Crippen molar-refractivity contribution in [3.63, 3.8) is 0 Å². The van der Waals surface area contributed by atoms with Crippen molar-refractivity contribution in [3.05, 3.63) is 206 Å². The second-order valence-electron chi connectivity index (χ2n) is 14.1. The minimum absolute atomic E-state index is 1.10. The molecule has 3 heteroatoms. The first kappa shape index (κ1) is 31.6. The van der Waals surface area contributed by atoms with Gasteiger partial charge in [0.25, 0.3) is 0 Å². The van der Waals surface area contributed by atoms with E-state index in [0.29, 0.717) is 0 Å². The molecule has 0 aliphatic rings. The number of hydrogen-bond donors (Lipinski definition) is 0. The van der Waals surface area contributed by atoms with Crippen molar-refractivity contribution in [3.8, 4) is 27.9 Å². The van der Waals surface area contributed by atoms with Gasteiger partial charge in [0.1, 0.15) is 0 Å². The van der Waals surface area contributed by atoms with Crippen molar-refractivity contribution in [2.24, 2.45) is 0 Å². The molecule has 0 aliphatic heterocycles. The van der Waals surface area contributed by atoms with Gasteiger partial charge >= 0.3 is 0 Å². The zero-order valence-electron chi connectivity index (χ0n) is 29.9. The van der Waals surface area contributed by atoms with E-state index in [9.17, 15) is 0 Å². The number of benzene rings is 9. The van der Waals surface area contributed by atoms with Crippen LogP contribution in [0.4, 0.5) is 17.1 Å². The lowest BCUT2D eigenvalue weighted by molar-refractivity contribution is 1.18. The Bertz CT molecular complexity index is 3210. The highest BCUT2D eigenvalue weighted by Gasteiger charge is 2.22. The molecule has 0 saturated heterocycles. The quantitative estimate of drug-likeness (QED) is 0.166. The van der Waals surface area contributed by atoms with Crippen LogP contribution in [0.1, 0.15) is 0 Å². The highest BCUT2D eigenvalue weighted by Crippen LogP contribution is 2.46. The van der Waals surface area contributed by atoms with Gasteiger partial charge in [0.15, 0.2) is 0 Å². The second-order valence-corrected chi connectivity index (χ2v) is 15.2. The molecule has 11 aromatic rings. The van der Waals surface area contributed by atoms with E-state index in [-0.39, 0.29) is 0 Å². The molecule has 0 radical (unpaired) electrons. The second kappa shape index (κ2) is 12.9. The minimum Gasteiger partial charge on any atom is -0.310 e. The van der Waals surface area contributed by atoms with Gasteiger partial charge in [-0.3, -0.25) is 0 Å². The summed E-state index contributed by atoms with van der Waals surface area (Å²) in [5.41, 5.74) is 11.6. The van der Waals surface area contributed by atoms with Gasteiger partial charge in [0.05, 0.1) is 22.4 Å². The summed E-state index contributed by atoms with van der Waals surface area (Å²) in [5, 5.41) is 7.47. The summed E-state index contributed by atoms with van der Waals surface area (Å²) < 4.78 is 5.09. The highest BCUT2D eigenvalue weighted by molar-refractivity contribution is 7.25. The normalized spacial score (nSPS) is 11.6. The Morgan fingerprint density at radius 3 is 1.76 bits per heavy atom. The zero-order chi connectivity index (χ0) is 36.3. The van der Waals surface area contributed by atoms with Crippen LogP contribution in [-0.4, -0.2) is 4.57 Å². The minimum atomic E-state index is 1.10. The summed E-state index contributed by atoms with van der Waals surface area (Å²) in [6, 6.07) is 75.3.